The van der Waals surface area contributed by atoms with E-state index >= 15 is 0 Å². The Labute approximate surface area is 148 Å². The van der Waals surface area contributed by atoms with Crippen molar-refractivity contribution < 1.29 is 24.3 Å². The maximum Gasteiger partial charge on any atom is 0.326 e. The molecule has 4 nitrogen and oxygen atoms in total. The highest BCUT2D eigenvalue weighted by atomic mass is 16.4. The van der Waals surface area contributed by atoms with Gasteiger partial charge in [0.15, 0.2) is 0 Å². The van der Waals surface area contributed by atoms with Crippen molar-refractivity contribution in [3.63, 3.8) is 0 Å². The average Bonchev–Trinajstić information content (AvgIpc) is 2.68. The van der Waals surface area contributed by atoms with E-state index in [2.05, 4.69) is 19.2 Å². The number of hydrogen-bond acceptors (Lipinski definition) is 2. The molecule has 0 unspecified atom stereocenters. The number of carboxylic acid groups (broad SMARTS) is 1. The number of amides is 1. The minimum atomic E-state index is -2.93. The van der Waals surface area contributed by atoms with Gasteiger partial charge >= 0.3 is 5.97 Å². The third-order valence-corrected chi connectivity index (χ3v) is 4.41. The van der Waals surface area contributed by atoms with Crippen LogP contribution in [0.15, 0.2) is 30.2 Å². The van der Waals surface area contributed by atoms with Gasteiger partial charge in [-0.1, -0.05) is 44.1 Å². The maximum absolute atomic E-state index is 12.7. The Kier molecular flexibility index (Phi) is 3.58. The molecule has 4 heteroatoms. The van der Waals surface area contributed by atoms with E-state index in [0.29, 0.717) is 24.7 Å². The molecule has 0 spiro atoms. The first-order valence-corrected chi connectivity index (χ1v) is 7.91. The zero-order chi connectivity index (χ0) is 23.0. The smallest absolute Gasteiger partial charge is 0.326 e. The van der Waals surface area contributed by atoms with Gasteiger partial charge in [0.2, 0.25) is 5.91 Å². The maximum atomic E-state index is 12.7. The van der Waals surface area contributed by atoms with Crippen molar-refractivity contribution in [2.45, 2.75) is 51.9 Å². The second kappa shape index (κ2) is 8.14. The van der Waals surface area contributed by atoms with Gasteiger partial charge in [0.25, 0.3) is 0 Å². The van der Waals surface area contributed by atoms with Crippen LogP contribution in [-0.4, -0.2) is 23.0 Å². The van der Waals surface area contributed by atoms with E-state index in [-0.39, 0.29) is 0 Å². The van der Waals surface area contributed by atoms with Gasteiger partial charge < -0.3 is 10.4 Å². The summed E-state index contributed by atoms with van der Waals surface area (Å²) < 4.78 is 55.5. The molecule has 1 saturated carbocycles. The van der Waals surface area contributed by atoms with Gasteiger partial charge in [-0.3, -0.25) is 4.79 Å². The first-order chi connectivity index (χ1) is 13.8. The van der Waals surface area contributed by atoms with Crippen molar-refractivity contribution in [2.75, 3.05) is 0 Å². The summed E-state index contributed by atoms with van der Waals surface area (Å²) in [4.78, 5) is 24.5. The van der Waals surface area contributed by atoms with Crippen LogP contribution >= 0.6 is 0 Å². The zero-order valence-corrected chi connectivity index (χ0v) is 13.4. The van der Waals surface area contributed by atoms with Crippen LogP contribution < -0.4 is 5.32 Å². The molecule has 0 aromatic heterocycles. The predicted molar refractivity (Wildman–Crippen MR) is 90.0 cm³/mol. The first-order valence-electron chi connectivity index (χ1n) is 11.4. The molecule has 1 fully saturated rings. The molecule has 0 saturated heterocycles. The SMILES string of the molecule is [2H]c1c([2H])c([2H])c(C([2H])([2H])[C@@H](NC(=O)[C@H]2CC[C@H](C(C)C)CC2)C(=O)O)c([2H])c1[2H]. The van der Waals surface area contributed by atoms with E-state index < -0.39 is 66.0 Å². The van der Waals surface area contributed by atoms with Crippen LogP contribution in [-0.2, 0) is 16.0 Å². The summed E-state index contributed by atoms with van der Waals surface area (Å²) in [5.41, 5.74) is -0.787. The highest BCUT2D eigenvalue weighted by Gasteiger charge is 2.30. The summed E-state index contributed by atoms with van der Waals surface area (Å²) >= 11 is 0. The van der Waals surface area contributed by atoms with Crippen LogP contribution in [0.1, 0.15) is 54.7 Å². The number of carbonyl (C=O) groups is 2. The lowest BCUT2D eigenvalue weighted by molar-refractivity contribution is -0.142. The Morgan fingerprint density at radius 3 is 2.39 bits per heavy atom. The van der Waals surface area contributed by atoms with Gasteiger partial charge in [-0.05, 0) is 43.1 Å². The summed E-state index contributed by atoms with van der Waals surface area (Å²) in [5.74, 6) is -1.75. The van der Waals surface area contributed by atoms with E-state index in [9.17, 15) is 14.7 Å². The molecule has 2 rings (SSSR count). The van der Waals surface area contributed by atoms with E-state index in [4.69, 9.17) is 9.60 Å². The Morgan fingerprint density at radius 2 is 1.87 bits per heavy atom. The minimum absolute atomic E-state index is 0.447. The van der Waals surface area contributed by atoms with Gasteiger partial charge in [0.05, 0.1) is 6.85 Å². The Bertz CT molecular complexity index is 807. The molecule has 1 aromatic rings. The lowest BCUT2D eigenvalue weighted by Crippen LogP contribution is -2.45. The second-order valence-electron chi connectivity index (χ2n) is 6.28. The van der Waals surface area contributed by atoms with Crippen LogP contribution in [0.5, 0.6) is 0 Å². The molecule has 2 N–H and O–H groups in total. The summed E-state index contributed by atoms with van der Waals surface area (Å²) in [5, 5.41) is 11.8. The number of rotatable bonds is 6. The van der Waals surface area contributed by atoms with Crippen molar-refractivity contribution in [3.8, 4) is 0 Å². The largest absolute Gasteiger partial charge is 0.480 e. The van der Waals surface area contributed by atoms with Crippen molar-refractivity contribution >= 4 is 11.9 Å². The molecule has 23 heavy (non-hydrogen) atoms. The average molecular weight is 324 g/mol. The Balaban J connectivity index is 2.32. The first kappa shape index (κ1) is 10.1. The molecule has 1 aliphatic carbocycles. The number of hydrogen-bond donors (Lipinski definition) is 2. The van der Waals surface area contributed by atoms with Crippen LogP contribution in [0.3, 0.4) is 0 Å². The van der Waals surface area contributed by atoms with Crippen molar-refractivity contribution in [1.29, 1.82) is 0 Å². The number of aliphatic carboxylic acids is 1. The minimum Gasteiger partial charge on any atom is -0.480 e. The monoisotopic (exact) mass is 324 g/mol. The van der Waals surface area contributed by atoms with Crippen molar-refractivity contribution in [3.05, 3.63) is 35.8 Å². The molecular weight excluding hydrogens is 290 g/mol. The molecule has 1 aromatic carbocycles. The normalized spacial score (nSPS) is 27.5. The van der Waals surface area contributed by atoms with Crippen LogP contribution in [0.2, 0.25) is 0 Å². The summed E-state index contributed by atoms with van der Waals surface area (Å²) in [7, 11) is 0. The number of carboxylic acids is 1. The standard InChI is InChI=1S/C19H27NO3/c1-13(2)15-8-10-16(11-9-15)18(21)20-17(19(22)23)12-14-6-4-3-5-7-14/h3-7,13,15-17H,8-12H2,1-2H3,(H,20,21)(H,22,23)/t15-,16-,17-/m1/s1/i3D,4D,5D,6D,7D,12D2. The molecule has 0 heterocycles. The van der Waals surface area contributed by atoms with Crippen molar-refractivity contribution in [1.82, 2.24) is 5.32 Å². The number of benzene rings is 1. The third-order valence-electron chi connectivity index (χ3n) is 4.41. The fraction of sp³-hybridized carbons (Fsp3) is 0.579. The highest BCUT2D eigenvalue weighted by Crippen LogP contribution is 2.33. The van der Waals surface area contributed by atoms with Crippen LogP contribution in [0.25, 0.3) is 0 Å². The van der Waals surface area contributed by atoms with Gasteiger partial charge in [-0.2, -0.15) is 0 Å². The fourth-order valence-corrected chi connectivity index (χ4v) is 2.93. The second-order valence-corrected chi connectivity index (χ2v) is 6.28. The Hall–Kier alpha value is -1.84. The van der Waals surface area contributed by atoms with Gasteiger partial charge in [-0.15, -0.1) is 0 Å². The molecule has 0 bridgehead atoms. The fourth-order valence-electron chi connectivity index (χ4n) is 2.93. The van der Waals surface area contributed by atoms with E-state index in [1.807, 2.05) is 0 Å². The summed E-state index contributed by atoms with van der Waals surface area (Å²) in [6.45, 7) is 4.22. The molecule has 1 atom stereocenters. The zero-order valence-electron chi connectivity index (χ0n) is 20.4. The summed E-state index contributed by atoms with van der Waals surface area (Å²) in [6, 6.07) is -6.00. The lowest BCUT2D eigenvalue weighted by atomic mass is 9.76. The Morgan fingerprint density at radius 1 is 1.26 bits per heavy atom. The van der Waals surface area contributed by atoms with Crippen molar-refractivity contribution in [2.24, 2.45) is 17.8 Å². The molecular formula is C19H27NO3. The highest BCUT2D eigenvalue weighted by molar-refractivity contribution is 5.85. The van der Waals surface area contributed by atoms with E-state index in [1.54, 1.807) is 0 Å². The van der Waals surface area contributed by atoms with Gasteiger partial charge in [-0.25, -0.2) is 4.79 Å². The summed E-state index contributed by atoms with van der Waals surface area (Å²) in [6.07, 6.45) is -0.144. The molecule has 1 amide bonds. The molecule has 1 aliphatic rings. The van der Waals surface area contributed by atoms with Gasteiger partial charge in [0, 0.05) is 15.0 Å². The van der Waals surface area contributed by atoms with E-state index in [0.717, 1.165) is 12.8 Å². The van der Waals surface area contributed by atoms with Crippen LogP contribution in [0, 0.1) is 17.8 Å². The third kappa shape index (κ3) is 5.08. The van der Waals surface area contributed by atoms with E-state index in [1.165, 1.54) is 0 Å². The lowest BCUT2D eigenvalue weighted by Gasteiger charge is -2.30. The molecule has 0 aliphatic heterocycles. The topological polar surface area (TPSA) is 66.4 Å². The predicted octanol–water partition coefficient (Wildman–Crippen LogP) is 3.26. The molecule has 0 radical (unpaired) electrons. The van der Waals surface area contributed by atoms with Crippen LogP contribution in [0.4, 0.5) is 0 Å². The molecule has 126 valence electrons. The quantitative estimate of drug-likeness (QED) is 0.844. The number of carbonyl (C=O) groups excluding carboxylic acids is 1. The number of nitrogens with one attached hydrogen (secondary N) is 1. The van der Waals surface area contributed by atoms with Gasteiger partial charge in [0.1, 0.15) is 6.04 Å².